The van der Waals surface area contributed by atoms with Gasteiger partial charge in [0.1, 0.15) is 29.7 Å². The Bertz CT molecular complexity index is 1350. The molecule has 1 saturated heterocycles. The number of hydrogen-bond acceptors (Lipinski definition) is 7. The van der Waals surface area contributed by atoms with Gasteiger partial charge in [-0.1, -0.05) is 31.2 Å². The molecule has 0 unspecified atom stereocenters. The maximum atomic E-state index is 12.6. The zero-order valence-corrected chi connectivity index (χ0v) is 24.2. The molecule has 1 fully saturated rings. The number of nitrogens with zero attached hydrogens (tertiary/aromatic N) is 6. The van der Waals surface area contributed by atoms with Gasteiger partial charge in [-0.3, -0.25) is 4.57 Å². The van der Waals surface area contributed by atoms with E-state index in [1.165, 1.54) is 0 Å². The van der Waals surface area contributed by atoms with Crippen molar-refractivity contribution in [3.63, 3.8) is 0 Å². The van der Waals surface area contributed by atoms with E-state index in [9.17, 15) is 10.1 Å². The summed E-state index contributed by atoms with van der Waals surface area (Å²) in [7, 11) is -1.22. The molecule has 3 aromatic rings. The molecule has 0 atom stereocenters. The summed E-state index contributed by atoms with van der Waals surface area (Å²) in [6.07, 6.45) is 3.06. The monoisotopic (exact) mass is 542 g/mol. The lowest BCUT2D eigenvalue weighted by molar-refractivity contribution is 0.0240. The van der Waals surface area contributed by atoms with Crippen LogP contribution in [0.4, 0.5) is 10.5 Å². The van der Waals surface area contributed by atoms with Crippen LogP contribution in [-0.2, 0) is 16.2 Å². The smallest absolute Gasteiger partial charge is 0.410 e. The van der Waals surface area contributed by atoms with E-state index in [1.807, 2.05) is 25.3 Å². The molecule has 1 aliphatic heterocycles. The number of fused-ring (bicyclic) bond motifs is 3. The van der Waals surface area contributed by atoms with Crippen molar-refractivity contribution in [1.29, 1.82) is 5.26 Å². The van der Waals surface area contributed by atoms with E-state index in [0.29, 0.717) is 50.2 Å². The summed E-state index contributed by atoms with van der Waals surface area (Å²) in [4.78, 5) is 25.5. The van der Waals surface area contributed by atoms with Crippen molar-refractivity contribution in [2.45, 2.75) is 58.8 Å². The molecule has 0 saturated carbocycles. The lowest BCUT2D eigenvalue weighted by Gasteiger charge is -2.37. The molecule has 9 nitrogen and oxygen atoms in total. The lowest BCUT2D eigenvalue weighted by Crippen LogP contribution is -2.50. The molecule has 0 spiro atoms. The number of ether oxygens (including phenoxy) is 2. The first-order valence-corrected chi connectivity index (χ1v) is 16.6. The Hall–Kier alpha value is -2.87. The number of halogens is 1. The standard InChI is InChI=1S/C26H35ClN6O3Si/c1-26(2,3)36-25(34)32-9-7-31(8-10-32)23-20(27)15-30-24-22(23)19-13-18(14-28)29-16-21(19)33(24)17-35-11-12-37(4,5)6/h13,15-16H,7-12,17H2,1-6H3. The number of anilines is 1. The number of rotatable bonds is 6. The van der Waals surface area contributed by atoms with E-state index in [1.54, 1.807) is 23.4 Å². The normalized spacial score (nSPS) is 14.9. The fraction of sp³-hybridized carbons (Fsp3) is 0.538. The van der Waals surface area contributed by atoms with Crippen molar-refractivity contribution < 1.29 is 14.3 Å². The van der Waals surface area contributed by atoms with Gasteiger partial charge in [0, 0.05) is 46.2 Å². The largest absolute Gasteiger partial charge is 0.444 e. The Morgan fingerprint density at radius 1 is 1.16 bits per heavy atom. The first-order valence-electron chi connectivity index (χ1n) is 12.5. The third-order valence-electron chi connectivity index (χ3n) is 6.26. The van der Waals surface area contributed by atoms with Crippen LogP contribution in [0.2, 0.25) is 30.7 Å². The van der Waals surface area contributed by atoms with Gasteiger partial charge in [-0.05, 0) is 32.9 Å². The van der Waals surface area contributed by atoms with Gasteiger partial charge in [-0.2, -0.15) is 5.26 Å². The lowest BCUT2D eigenvalue weighted by atomic mass is 10.1. The number of carbonyl (C=O) groups excluding carboxylic acids is 1. The highest BCUT2D eigenvalue weighted by atomic mass is 35.5. The number of nitriles is 1. The minimum Gasteiger partial charge on any atom is -0.444 e. The quantitative estimate of drug-likeness (QED) is 0.300. The number of piperazine rings is 1. The Morgan fingerprint density at radius 2 is 1.86 bits per heavy atom. The predicted molar refractivity (Wildman–Crippen MR) is 149 cm³/mol. The van der Waals surface area contributed by atoms with Crippen LogP contribution >= 0.6 is 11.6 Å². The Balaban J connectivity index is 1.69. The molecule has 198 valence electrons. The Labute approximate surface area is 223 Å². The summed E-state index contributed by atoms with van der Waals surface area (Å²) in [6.45, 7) is 15.8. The topological polar surface area (TPSA) is 96.5 Å². The summed E-state index contributed by atoms with van der Waals surface area (Å²) in [5, 5.41) is 11.8. The second-order valence-electron chi connectivity index (χ2n) is 11.6. The van der Waals surface area contributed by atoms with Gasteiger partial charge in [0.25, 0.3) is 0 Å². The average molecular weight is 543 g/mol. The molecule has 0 aromatic carbocycles. The highest BCUT2D eigenvalue weighted by Gasteiger charge is 2.29. The molecule has 0 bridgehead atoms. The van der Waals surface area contributed by atoms with Gasteiger partial charge >= 0.3 is 6.09 Å². The minimum absolute atomic E-state index is 0.310. The molecule has 3 aromatic heterocycles. The number of pyridine rings is 2. The van der Waals surface area contributed by atoms with Gasteiger partial charge in [0.15, 0.2) is 0 Å². The third kappa shape index (κ3) is 6.17. The molecule has 1 aliphatic rings. The van der Waals surface area contributed by atoms with Crippen molar-refractivity contribution in [3.05, 3.63) is 29.2 Å². The first-order chi connectivity index (χ1) is 17.4. The van der Waals surface area contributed by atoms with Crippen LogP contribution in [0.5, 0.6) is 0 Å². The van der Waals surface area contributed by atoms with Crippen LogP contribution in [0, 0.1) is 11.3 Å². The van der Waals surface area contributed by atoms with Gasteiger partial charge in [0.05, 0.1) is 34.0 Å². The Morgan fingerprint density at radius 3 is 2.49 bits per heavy atom. The van der Waals surface area contributed by atoms with E-state index in [-0.39, 0.29) is 6.09 Å². The maximum absolute atomic E-state index is 12.6. The van der Waals surface area contributed by atoms with Gasteiger partial charge < -0.3 is 19.3 Å². The number of aromatic nitrogens is 3. The zero-order valence-electron chi connectivity index (χ0n) is 22.5. The van der Waals surface area contributed by atoms with Crippen LogP contribution in [0.25, 0.3) is 21.9 Å². The molecule has 1 amide bonds. The molecular formula is C26H35ClN6O3Si. The van der Waals surface area contributed by atoms with Crippen molar-refractivity contribution in [2.24, 2.45) is 0 Å². The summed E-state index contributed by atoms with van der Waals surface area (Å²) < 4.78 is 13.6. The van der Waals surface area contributed by atoms with E-state index < -0.39 is 13.7 Å². The predicted octanol–water partition coefficient (Wildman–Crippen LogP) is 5.48. The summed E-state index contributed by atoms with van der Waals surface area (Å²) in [5.74, 6) is 0. The van der Waals surface area contributed by atoms with Gasteiger partial charge in [-0.15, -0.1) is 0 Å². The summed E-state index contributed by atoms with van der Waals surface area (Å²) in [6, 6.07) is 4.99. The number of carbonyl (C=O) groups is 1. The van der Waals surface area contributed by atoms with Gasteiger partial charge in [-0.25, -0.2) is 14.8 Å². The van der Waals surface area contributed by atoms with Crippen LogP contribution in [0.1, 0.15) is 26.5 Å². The summed E-state index contributed by atoms with van der Waals surface area (Å²) >= 11 is 6.76. The van der Waals surface area contributed by atoms with Crippen molar-refractivity contribution in [1.82, 2.24) is 19.4 Å². The van der Waals surface area contributed by atoms with E-state index >= 15 is 0 Å². The molecule has 37 heavy (non-hydrogen) atoms. The van der Waals surface area contributed by atoms with Crippen LogP contribution in [0.3, 0.4) is 0 Å². The van der Waals surface area contributed by atoms with Crippen LogP contribution in [0.15, 0.2) is 18.5 Å². The second kappa shape index (κ2) is 10.5. The molecule has 11 heteroatoms. The van der Waals surface area contributed by atoms with Crippen molar-refractivity contribution in [3.8, 4) is 6.07 Å². The molecule has 4 rings (SSSR count). The van der Waals surface area contributed by atoms with Crippen molar-refractivity contribution >= 4 is 53.4 Å². The minimum atomic E-state index is -1.22. The maximum Gasteiger partial charge on any atom is 0.410 e. The molecular weight excluding hydrogens is 508 g/mol. The molecule has 0 radical (unpaired) electrons. The van der Waals surface area contributed by atoms with E-state index in [4.69, 9.17) is 21.1 Å². The van der Waals surface area contributed by atoms with Gasteiger partial charge in [0.2, 0.25) is 0 Å². The average Bonchev–Trinajstić information content (AvgIpc) is 3.13. The van der Waals surface area contributed by atoms with Crippen LogP contribution < -0.4 is 4.90 Å². The Kier molecular flexibility index (Phi) is 7.69. The van der Waals surface area contributed by atoms with E-state index in [2.05, 4.69) is 40.6 Å². The second-order valence-corrected chi connectivity index (χ2v) is 17.6. The first kappa shape index (κ1) is 27.2. The van der Waals surface area contributed by atoms with Crippen molar-refractivity contribution in [2.75, 3.05) is 37.7 Å². The zero-order chi connectivity index (χ0) is 27.0. The summed E-state index contributed by atoms with van der Waals surface area (Å²) in [5.41, 5.74) is 2.20. The molecule has 0 aliphatic carbocycles. The fourth-order valence-corrected chi connectivity index (χ4v) is 5.39. The number of amides is 1. The van der Waals surface area contributed by atoms with Crippen LogP contribution in [-0.4, -0.2) is 72.0 Å². The number of hydrogen-bond donors (Lipinski definition) is 0. The SMILES string of the molecule is CC(C)(C)OC(=O)N1CCN(c2c(Cl)cnc3c2c2cc(C#N)ncc2n3COCC[Si](C)(C)C)CC1. The fourth-order valence-electron chi connectivity index (χ4n) is 4.37. The molecule has 0 N–H and O–H groups in total. The highest BCUT2D eigenvalue weighted by Crippen LogP contribution is 2.40. The highest BCUT2D eigenvalue weighted by molar-refractivity contribution is 6.76. The van der Waals surface area contributed by atoms with E-state index in [0.717, 1.165) is 33.7 Å². The molecule has 4 heterocycles. The third-order valence-corrected chi connectivity index (χ3v) is 8.25.